The monoisotopic (exact) mass is 1190 g/mol. The number of hydrogen-bond donors (Lipinski definition) is 6. The van der Waals surface area contributed by atoms with Crippen LogP contribution >= 0.6 is 73.3 Å². The first kappa shape index (κ1) is 91.9. The van der Waals surface area contributed by atoms with Gasteiger partial charge in [-0.15, -0.1) is 0 Å². The average molecular weight is 1190 g/mol. The molecule has 330 valence electrons. The van der Waals surface area contributed by atoms with E-state index < -0.39 is 0 Å². The topological polar surface area (TPSA) is 175 Å². The van der Waals surface area contributed by atoms with Crippen LogP contribution in [0.1, 0.15) is 80.1 Å². The van der Waals surface area contributed by atoms with Crippen LogP contribution in [-0.2, 0) is 172 Å². The Kier molecular flexibility index (Phi) is 196. The summed E-state index contributed by atoms with van der Waals surface area (Å²) in [6, 6.07) is 0. The Bertz CT molecular complexity index is 632. The van der Waals surface area contributed by atoms with Gasteiger partial charge in [-0.05, 0) is 38.5 Å². The molecule has 12 nitrogen and oxygen atoms in total. The Morgan fingerprint density at radius 1 is 0.291 bits per heavy atom. The van der Waals surface area contributed by atoms with Gasteiger partial charge >= 0.3 is 0 Å². The summed E-state index contributed by atoms with van der Waals surface area (Å²) in [6.07, 6.45) is 6.48. The summed E-state index contributed by atoms with van der Waals surface area (Å²) < 4.78 is 49.8. The third-order valence-corrected chi connectivity index (χ3v) is 4.85. The van der Waals surface area contributed by atoms with E-state index in [-0.39, 0.29) is 21.1 Å². The van der Waals surface area contributed by atoms with Gasteiger partial charge in [-0.1, -0.05) is 67.5 Å². The summed E-state index contributed by atoms with van der Waals surface area (Å²) in [5.41, 5.74) is 0. The van der Waals surface area contributed by atoms with Crippen LogP contribution in [0.15, 0.2) is 0 Å². The minimum atomic E-state index is 0. The molecule has 0 aliphatic heterocycles. The molecule has 0 fully saturated rings. The van der Waals surface area contributed by atoms with Crippen LogP contribution in [0.25, 0.3) is 0 Å². The standard InChI is InChI=1S/6C4H9NS2.Mo.6OS/c6*1-2-3-5-4(6)7;;6*1-2/h6*2-3H2,1H3,(H2,5,6,7);;;;;;;/p-6. The van der Waals surface area contributed by atoms with Crippen molar-refractivity contribution in [3.8, 4) is 0 Å². The molecule has 0 unspecified atom stereocenters. The van der Waals surface area contributed by atoms with Crippen molar-refractivity contribution < 1.29 is 46.3 Å². The zero-order valence-corrected chi connectivity index (χ0v) is 47.4. The van der Waals surface area contributed by atoms with Crippen molar-refractivity contribution >= 4 is 250 Å². The van der Waals surface area contributed by atoms with Gasteiger partial charge in [-0.25, -0.2) is 0 Å². The summed E-state index contributed by atoms with van der Waals surface area (Å²) >= 11 is 71.8. The van der Waals surface area contributed by atoms with E-state index in [9.17, 15) is 0 Å². The smallest absolute Gasteiger partial charge is 0.197 e. The van der Waals surface area contributed by atoms with E-state index in [1.165, 1.54) is 0 Å². The molecule has 0 amide bonds. The van der Waals surface area contributed by atoms with Crippen LogP contribution in [0, 0.1) is 0 Å². The zero-order valence-electron chi connectivity index (χ0n) is 30.7. The number of thiocarbonyl (C=S) groups is 6. The molecule has 0 radical (unpaired) electrons. The maximum absolute atomic E-state index is 7.83. The molecule has 0 saturated carbocycles. The van der Waals surface area contributed by atoms with Crippen LogP contribution in [0.5, 0.6) is 0 Å². The summed E-state index contributed by atoms with van der Waals surface area (Å²) in [5, 5.41) is 17.0. The van der Waals surface area contributed by atoms with Crippen LogP contribution in [0.2, 0.25) is 0 Å². The summed E-state index contributed by atoms with van der Waals surface area (Å²) in [5.74, 6) is 0. The molecule has 0 aromatic carbocycles. The van der Waals surface area contributed by atoms with E-state index in [2.05, 4.69) is 298 Å². The first-order valence-electron chi connectivity index (χ1n) is 14.3. The molecular weight excluding hydrogens is 1140 g/mol. The van der Waals surface area contributed by atoms with Gasteiger partial charge in [0.05, 0.1) is 0 Å². The van der Waals surface area contributed by atoms with Gasteiger partial charge in [-0.3, -0.25) is 0 Å². The van der Waals surface area contributed by atoms with Gasteiger partial charge in [0.25, 0.3) is 0 Å². The molecule has 55 heavy (non-hydrogen) atoms. The van der Waals surface area contributed by atoms with Crippen molar-refractivity contribution in [2.45, 2.75) is 80.1 Å². The number of nitrogens with one attached hydrogen (secondary N) is 6. The van der Waals surface area contributed by atoms with E-state index in [0.717, 1.165) is 77.8 Å². The van der Waals surface area contributed by atoms with Crippen molar-refractivity contribution in [2.24, 2.45) is 0 Å². The zero-order chi connectivity index (χ0) is 46.2. The van der Waals surface area contributed by atoms with E-state index in [0.29, 0.717) is 25.9 Å². The van der Waals surface area contributed by atoms with Crippen molar-refractivity contribution in [2.75, 3.05) is 39.3 Å². The maximum Gasteiger partial charge on any atom is 0.197 e. The Balaban J connectivity index is -0.0000000330. The quantitative estimate of drug-likeness (QED) is 0.0956. The molecule has 0 aromatic rings. The molecule has 0 saturated heterocycles. The minimum Gasteiger partial charge on any atom is -0.412 e. The number of rotatable bonds is 12. The van der Waals surface area contributed by atoms with E-state index >= 15 is 0 Å². The predicted molar refractivity (Wildman–Crippen MR) is 278 cm³/mol. The van der Waals surface area contributed by atoms with E-state index in [4.69, 9.17) is 25.3 Å². The van der Waals surface area contributed by atoms with Crippen LogP contribution in [-0.4, -0.2) is 90.4 Å². The third-order valence-electron chi connectivity index (χ3n) is 3.12. The van der Waals surface area contributed by atoms with Gasteiger partial charge in [0, 0.05) is 60.3 Å². The Morgan fingerprint density at radius 2 is 0.364 bits per heavy atom. The normalized spacial score (nSPS) is 6.65. The van der Waals surface area contributed by atoms with E-state index in [1.54, 1.807) is 0 Å². The molecule has 31 heteroatoms. The van der Waals surface area contributed by atoms with Gasteiger partial charge in [0.15, 0.2) is 75.2 Å². The van der Waals surface area contributed by atoms with Gasteiger partial charge in [0.2, 0.25) is 0 Å². The fourth-order valence-electron chi connectivity index (χ4n) is 1.36. The Labute approximate surface area is 442 Å². The Hall–Kier alpha value is 1.47. The summed E-state index contributed by atoms with van der Waals surface area (Å²) in [7, 11) is 0. The molecule has 0 aliphatic carbocycles. The van der Waals surface area contributed by atoms with Gasteiger partial charge in [0.1, 0.15) is 0 Å². The van der Waals surface area contributed by atoms with Crippen molar-refractivity contribution in [3.05, 3.63) is 0 Å². The van der Waals surface area contributed by atoms with Crippen molar-refractivity contribution in [1.82, 2.24) is 31.9 Å². The number of hydrogen-bond acceptors (Lipinski definition) is 24. The fraction of sp³-hybridized carbons (Fsp3) is 0.750. The summed E-state index contributed by atoms with van der Waals surface area (Å²) in [4.78, 5) is 0. The molecule has 6 N–H and O–H groups in total. The van der Waals surface area contributed by atoms with Crippen LogP contribution in [0.3, 0.4) is 0 Å². The predicted octanol–water partition coefficient (Wildman–Crippen LogP) is 2.89. The van der Waals surface area contributed by atoms with Crippen LogP contribution in [0.4, 0.5) is 0 Å². The van der Waals surface area contributed by atoms with Crippen LogP contribution < -0.4 is 31.9 Å². The average Bonchev–Trinajstić information content (AvgIpc) is 3.18. The second-order valence-corrected chi connectivity index (χ2v) is 13.7. The first-order valence-corrected chi connectivity index (χ1v) is 21.2. The largest absolute Gasteiger partial charge is 0.412 e. The molecule has 0 spiro atoms. The molecule has 0 bridgehead atoms. The molecule has 0 heterocycles. The Morgan fingerprint density at radius 3 is 0.382 bits per heavy atom. The third kappa shape index (κ3) is 244. The SMILES string of the molecule is CCCNC(=S)[S-].CCCNC(=S)[S-].CCCNC(=S)[S-].CCCNC(=S)[S-].CCCNC(=S)[S-].CCCNC(=S)[S-].O=S.O=S.O=S.O=S.O=S.O=S.[Mo]. The maximum atomic E-state index is 7.83. The molecule has 0 rings (SSSR count). The van der Waals surface area contributed by atoms with Crippen molar-refractivity contribution in [1.29, 1.82) is 0 Å². The van der Waals surface area contributed by atoms with Gasteiger partial charge < -0.3 is 181 Å². The summed E-state index contributed by atoms with van der Waals surface area (Å²) in [6.45, 7) is 17.9. The second kappa shape index (κ2) is 117. The second-order valence-electron chi connectivity index (χ2n) is 7.29. The molecular formula is C24H48MoN6O6S18-6. The van der Waals surface area contributed by atoms with E-state index in [1.807, 2.05) is 0 Å². The van der Waals surface area contributed by atoms with Crippen molar-refractivity contribution in [3.63, 3.8) is 0 Å². The molecule has 0 atom stereocenters. The minimum absolute atomic E-state index is 0. The first-order chi connectivity index (χ1) is 25.6. The van der Waals surface area contributed by atoms with Gasteiger partial charge in [-0.2, -0.15) is 25.3 Å². The molecule has 0 aliphatic rings. The molecule has 0 aromatic heterocycles. The fourth-order valence-corrected chi connectivity index (χ4v) is 2.59.